The normalized spacial score (nSPS) is 8.40. The largest absolute Gasteiger partial charge is 0.504 e. The molecule has 1 aromatic rings. The van der Waals surface area contributed by atoms with Gasteiger partial charge in [-0.15, -0.1) is 0 Å². The molecule has 0 radical (unpaired) electrons. The summed E-state index contributed by atoms with van der Waals surface area (Å²) in [7, 11) is 1.43. The highest BCUT2D eigenvalue weighted by Crippen LogP contribution is 2.25. The average molecular weight is 212 g/mol. The van der Waals surface area contributed by atoms with Crippen LogP contribution < -0.4 is 4.74 Å². The van der Waals surface area contributed by atoms with E-state index in [2.05, 4.69) is 0 Å². The highest BCUT2D eigenvalue weighted by molar-refractivity contribution is 5.76. The number of carboxylic acids is 1. The number of hydrogen-bond acceptors (Lipinski definition) is 4. The summed E-state index contributed by atoms with van der Waals surface area (Å²) in [6, 6.07) is 4.41. The third kappa shape index (κ3) is 5.30. The number of aromatic hydroxyl groups is 1. The maximum Gasteiger partial charge on any atom is 0.300 e. The third-order valence-electron chi connectivity index (χ3n) is 1.34. The summed E-state index contributed by atoms with van der Waals surface area (Å²) in [5.74, 6) is -0.479. The second-order valence-corrected chi connectivity index (χ2v) is 2.57. The molecule has 15 heavy (non-hydrogen) atoms. The monoisotopic (exact) mass is 212 g/mol. The number of ether oxygens (including phenoxy) is 1. The molecule has 0 saturated carbocycles. The van der Waals surface area contributed by atoms with Crippen molar-refractivity contribution in [3.05, 3.63) is 23.8 Å². The topological polar surface area (TPSA) is 83.8 Å². The molecule has 0 amide bonds. The van der Waals surface area contributed by atoms with Crippen LogP contribution in [0, 0.1) is 0 Å². The van der Waals surface area contributed by atoms with Gasteiger partial charge < -0.3 is 14.9 Å². The Morgan fingerprint density at radius 3 is 2.40 bits per heavy atom. The maximum absolute atomic E-state index is 10.2. The quantitative estimate of drug-likeness (QED) is 0.722. The Bertz CT molecular complexity index is 342. The average Bonchev–Trinajstić information content (AvgIpc) is 2.18. The fraction of sp³-hybridized carbons (Fsp3) is 0.200. The molecule has 0 fully saturated rings. The first-order chi connectivity index (χ1) is 7.01. The van der Waals surface area contributed by atoms with Gasteiger partial charge in [0.2, 0.25) is 0 Å². The van der Waals surface area contributed by atoms with Gasteiger partial charge in [0.25, 0.3) is 5.97 Å². The van der Waals surface area contributed by atoms with Gasteiger partial charge >= 0.3 is 0 Å². The number of aldehydes is 1. The van der Waals surface area contributed by atoms with Crippen LogP contribution in [0.15, 0.2) is 18.2 Å². The number of hydrogen-bond donors (Lipinski definition) is 2. The highest BCUT2D eigenvalue weighted by Gasteiger charge is 2.00. The zero-order chi connectivity index (χ0) is 11.8. The Labute approximate surface area is 86.9 Å². The van der Waals surface area contributed by atoms with Crippen molar-refractivity contribution in [3.63, 3.8) is 0 Å². The van der Waals surface area contributed by atoms with Crippen LogP contribution in [-0.2, 0) is 4.79 Å². The highest BCUT2D eigenvalue weighted by atomic mass is 16.5. The molecule has 5 heteroatoms. The number of aliphatic carboxylic acids is 1. The predicted molar refractivity (Wildman–Crippen MR) is 53.4 cm³/mol. The molecule has 0 saturated heterocycles. The van der Waals surface area contributed by atoms with Crippen molar-refractivity contribution < 1.29 is 24.5 Å². The van der Waals surface area contributed by atoms with E-state index in [0.717, 1.165) is 6.92 Å². The van der Waals surface area contributed by atoms with E-state index in [1.807, 2.05) is 0 Å². The zero-order valence-electron chi connectivity index (χ0n) is 8.43. The molecule has 2 N–H and O–H groups in total. The van der Waals surface area contributed by atoms with Crippen molar-refractivity contribution in [2.24, 2.45) is 0 Å². The number of benzene rings is 1. The molecular formula is C10H12O5. The van der Waals surface area contributed by atoms with Gasteiger partial charge in [0, 0.05) is 12.5 Å². The van der Waals surface area contributed by atoms with Gasteiger partial charge in [0.05, 0.1) is 7.11 Å². The summed E-state index contributed by atoms with van der Waals surface area (Å²) in [6.45, 7) is 1.08. The van der Waals surface area contributed by atoms with Crippen molar-refractivity contribution >= 4 is 12.3 Å². The van der Waals surface area contributed by atoms with Gasteiger partial charge in [0.15, 0.2) is 11.5 Å². The molecule has 1 aromatic carbocycles. The van der Waals surface area contributed by atoms with E-state index in [9.17, 15) is 4.79 Å². The summed E-state index contributed by atoms with van der Waals surface area (Å²) < 4.78 is 4.78. The summed E-state index contributed by atoms with van der Waals surface area (Å²) in [5.41, 5.74) is 0.486. The van der Waals surface area contributed by atoms with Crippen molar-refractivity contribution in [2.75, 3.05) is 7.11 Å². The maximum atomic E-state index is 10.2. The molecule has 0 unspecified atom stereocenters. The molecule has 0 aliphatic heterocycles. The van der Waals surface area contributed by atoms with E-state index in [0.29, 0.717) is 17.6 Å². The number of phenols is 1. The van der Waals surface area contributed by atoms with Gasteiger partial charge in [-0.1, -0.05) is 0 Å². The minimum atomic E-state index is -0.833. The zero-order valence-corrected chi connectivity index (χ0v) is 8.43. The lowest BCUT2D eigenvalue weighted by Crippen LogP contribution is -1.85. The lowest BCUT2D eigenvalue weighted by Gasteiger charge is -2.01. The van der Waals surface area contributed by atoms with E-state index in [4.69, 9.17) is 19.7 Å². The van der Waals surface area contributed by atoms with E-state index in [1.54, 1.807) is 0 Å². The van der Waals surface area contributed by atoms with E-state index in [-0.39, 0.29) is 5.75 Å². The molecule has 0 aliphatic carbocycles. The van der Waals surface area contributed by atoms with Crippen LogP contribution in [0.3, 0.4) is 0 Å². The van der Waals surface area contributed by atoms with E-state index in [1.165, 1.54) is 25.3 Å². The number of methoxy groups -OCH3 is 1. The molecule has 5 nitrogen and oxygen atoms in total. The standard InChI is InChI=1S/C8H8O3.C2H4O2/c1-11-8-4-6(5-9)2-3-7(8)10;1-2(3)4/h2-5,10H,1H3;1H3,(H,3,4). The molecule has 0 atom stereocenters. The lowest BCUT2D eigenvalue weighted by atomic mass is 10.2. The fourth-order valence-corrected chi connectivity index (χ4v) is 0.768. The molecule has 82 valence electrons. The molecular weight excluding hydrogens is 200 g/mol. The van der Waals surface area contributed by atoms with Gasteiger partial charge in [-0.25, -0.2) is 0 Å². The third-order valence-corrected chi connectivity index (χ3v) is 1.34. The Morgan fingerprint density at radius 2 is 2.00 bits per heavy atom. The van der Waals surface area contributed by atoms with Gasteiger partial charge in [0.1, 0.15) is 6.29 Å². The smallest absolute Gasteiger partial charge is 0.300 e. The van der Waals surface area contributed by atoms with Crippen LogP contribution in [0.4, 0.5) is 0 Å². The number of carbonyl (C=O) groups is 2. The van der Waals surface area contributed by atoms with Crippen LogP contribution in [0.25, 0.3) is 0 Å². The van der Waals surface area contributed by atoms with Crippen LogP contribution in [0.1, 0.15) is 17.3 Å². The molecule has 0 heterocycles. The Balaban J connectivity index is 0.000000423. The minimum Gasteiger partial charge on any atom is -0.504 e. The van der Waals surface area contributed by atoms with Gasteiger partial charge in [-0.05, 0) is 18.2 Å². The van der Waals surface area contributed by atoms with Crippen LogP contribution >= 0.6 is 0 Å². The first kappa shape index (κ1) is 13.0. The van der Waals surface area contributed by atoms with E-state index < -0.39 is 5.97 Å². The molecule has 0 aliphatic rings. The van der Waals surface area contributed by atoms with Crippen molar-refractivity contribution in [3.8, 4) is 11.5 Å². The first-order valence-corrected chi connectivity index (χ1v) is 4.03. The number of carbonyl (C=O) groups excluding carboxylic acids is 1. The number of carboxylic acid groups (broad SMARTS) is 1. The van der Waals surface area contributed by atoms with Gasteiger partial charge in [-0.2, -0.15) is 0 Å². The molecule has 1 rings (SSSR count). The number of phenolic OH excluding ortho intramolecular Hbond substituents is 1. The Morgan fingerprint density at radius 1 is 1.47 bits per heavy atom. The fourth-order valence-electron chi connectivity index (χ4n) is 0.768. The lowest BCUT2D eigenvalue weighted by molar-refractivity contribution is -0.134. The Hall–Kier alpha value is -2.04. The molecule has 0 bridgehead atoms. The van der Waals surface area contributed by atoms with E-state index >= 15 is 0 Å². The summed E-state index contributed by atoms with van der Waals surface area (Å²) in [5, 5.41) is 16.5. The second kappa shape index (κ2) is 6.42. The summed E-state index contributed by atoms with van der Waals surface area (Å²) >= 11 is 0. The SMILES string of the molecule is CC(=O)O.COc1cc(C=O)ccc1O. The van der Waals surface area contributed by atoms with Crippen LogP contribution in [-0.4, -0.2) is 29.6 Å². The van der Waals surface area contributed by atoms with Crippen LogP contribution in [0.5, 0.6) is 11.5 Å². The second-order valence-electron chi connectivity index (χ2n) is 2.57. The van der Waals surface area contributed by atoms with Crippen molar-refractivity contribution in [1.82, 2.24) is 0 Å². The molecule has 0 aromatic heterocycles. The van der Waals surface area contributed by atoms with Crippen LogP contribution in [0.2, 0.25) is 0 Å². The Kier molecular flexibility index (Phi) is 5.55. The summed E-state index contributed by atoms with van der Waals surface area (Å²) in [6.07, 6.45) is 0.696. The molecule has 0 spiro atoms. The van der Waals surface area contributed by atoms with Crippen molar-refractivity contribution in [1.29, 1.82) is 0 Å². The minimum absolute atomic E-state index is 0.0399. The van der Waals surface area contributed by atoms with Crippen molar-refractivity contribution in [2.45, 2.75) is 6.92 Å². The van der Waals surface area contributed by atoms with Gasteiger partial charge in [-0.3, -0.25) is 9.59 Å². The first-order valence-electron chi connectivity index (χ1n) is 4.03. The predicted octanol–water partition coefficient (Wildman–Crippen LogP) is 1.30. The summed E-state index contributed by atoms with van der Waals surface area (Å²) in [4.78, 5) is 19.2. The number of rotatable bonds is 2.